The molecule has 1 spiro atoms. The van der Waals surface area contributed by atoms with Gasteiger partial charge in [0.2, 0.25) is 0 Å². The van der Waals surface area contributed by atoms with Gasteiger partial charge in [0.25, 0.3) is 0 Å². The van der Waals surface area contributed by atoms with Gasteiger partial charge in [0.15, 0.2) is 0 Å². The number of aryl methyl sites for hydroxylation is 3. The molecule has 0 unspecified atom stereocenters. The summed E-state index contributed by atoms with van der Waals surface area (Å²) >= 11 is 0. The first kappa shape index (κ1) is 16.5. The molecule has 4 heterocycles. The number of aromatic nitrogens is 3. The first-order chi connectivity index (χ1) is 12.0. The Kier molecular flexibility index (Phi) is 4.21. The maximum Gasteiger partial charge on any atom is 0.148 e. The molecule has 2 aromatic rings. The molecule has 0 amide bonds. The molecule has 2 fully saturated rings. The van der Waals surface area contributed by atoms with Crippen molar-refractivity contribution in [2.45, 2.75) is 51.8 Å². The van der Waals surface area contributed by atoms with E-state index < -0.39 is 0 Å². The van der Waals surface area contributed by atoms with Gasteiger partial charge in [-0.25, -0.2) is 0 Å². The third-order valence-corrected chi connectivity index (χ3v) is 5.32. The third kappa shape index (κ3) is 3.39. The van der Waals surface area contributed by atoms with Gasteiger partial charge in [0, 0.05) is 31.6 Å². The Bertz CT molecular complexity index is 725. The normalized spacial score (nSPS) is 26.6. The molecule has 7 nitrogen and oxygen atoms in total. The molecule has 2 aromatic heterocycles. The van der Waals surface area contributed by atoms with Gasteiger partial charge in [0.1, 0.15) is 11.6 Å². The smallest absolute Gasteiger partial charge is 0.148 e. The van der Waals surface area contributed by atoms with Crippen LogP contribution >= 0.6 is 0 Å². The lowest BCUT2D eigenvalue weighted by Gasteiger charge is -2.23. The molecule has 134 valence electrons. The molecule has 2 aliphatic heterocycles. The summed E-state index contributed by atoms with van der Waals surface area (Å²) in [6, 6.07) is 4.24. The Labute approximate surface area is 147 Å². The minimum atomic E-state index is -0.0469. The van der Waals surface area contributed by atoms with Crippen molar-refractivity contribution in [2.24, 2.45) is 0 Å². The number of rotatable bonds is 4. The van der Waals surface area contributed by atoms with Crippen molar-refractivity contribution in [1.29, 1.82) is 0 Å². The van der Waals surface area contributed by atoms with Gasteiger partial charge in [0.05, 0.1) is 29.6 Å². The van der Waals surface area contributed by atoms with E-state index in [4.69, 9.17) is 9.26 Å². The van der Waals surface area contributed by atoms with E-state index in [0.29, 0.717) is 6.61 Å². The molecule has 2 saturated heterocycles. The molecule has 2 atom stereocenters. The zero-order chi connectivity index (χ0) is 17.4. The standard InChI is InChI=1S/C18H25N5O2/c1-12-4-5-17(21-20-12)19-15-8-18(24-10-15)6-7-23(11-18)9-16-13(2)22-25-14(16)3/h4-5,15H,6-11H2,1-3H3,(H,19,21)/t15-,18+/m1/s1. The second-order valence-corrected chi connectivity index (χ2v) is 7.36. The van der Waals surface area contributed by atoms with Gasteiger partial charge < -0.3 is 14.6 Å². The Morgan fingerprint density at radius 3 is 2.88 bits per heavy atom. The van der Waals surface area contributed by atoms with Crippen LogP contribution in [0.25, 0.3) is 0 Å². The number of nitrogens with zero attached hydrogens (tertiary/aromatic N) is 4. The average Bonchev–Trinajstić information content (AvgIpc) is 3.27. The van der Waals surface area contributed by atoms with Crippen LogP contribution < -0.4 is 5.32 Å². The number of ether oxygens (including phenoxy) is 1. The van der Waals surface area contributed by atoms with Gasteiger partial charge in [-0.1, -0.05) is 5.16 Å². The number of nitrogens with one attached hydrogen (secondary N) is 1. The first-order valence-corrected chi connectivity index (χ1v) is 8.88. The van der Waals surface area contributed by atoms with Crippen molar-refractivity contribution in [3.8, 4) is 0 Å². The van der Waals surface area contributed by atoms with Crippen molar-refractivity contribution in [2.75, 3.05) is 25.0 Å². The SMILES string of the molecule is Cc1ccc(N[C@H]2CO[C@@]3(CCN(Cc4c(C)noc4C)C3)C2)nn1. The van der Waals surface area contributed by atoms with Crippen LogP contribution in [0.4, 0.5) is 5.82 Å². The number of hydrogen-bond donors (Lipinski definition) is 1. The van der Waals surface area contributed by atoms with Crippen LogP contribution in [-0.4, -0.2) is 51.6 Å². The molecule has 0 radical (unpaired) electrons. The van der Waals surface area contributed by atoms with Crippen LogP contribution in [0, 0.1) is 20.8 Å². The summed E-state index contributed by atoms with van der Waals surface area (Å²) in [5.41, 5.74) is 3.08. The van der Waals surface area contributed by atoms with E-state index in [1.807, 2.05) is 32.9 Å². The largest absolute Gasteiger partial charge is 0.371 e. The van der Waals surface area contributed by atoms with Gasteiger partial charge in [-0.2, -0.15) is 5.10 Å². The quantitative estimate of drug-likeness (QED) is 0.912. The highest BCUT2D eigenvalue weighted by Crippen LogP contribution is 2.36. The molecule has 0 saturated carbocycles. The van der Waals surface area contributed by atoms with Crippen molar-refractivity contribution in [3.63, 3.8) is 0 Å². The van der Waals surface area contributed by atoms with Crippen molar-refractivity contribution in [3.05, 3.63) is 34.8 Å². The van der Waals surface area contributed by atoms with E-state index in [2.05, 4.69) is 25.6 Å². The van der Waals surface area contributed by atoms with Gasteiger partial charge in [-0.15, -0.1) is 5.10 Å². The molecule has 0 aromatic carbocycles. The minimum absolute atomic E-state index is 0.0469. The number of hydrogen-bond acceptors (Lipinski definition) is 7. The Morgan fingerprint density at radius 2 is 2.16 bits per heavy atom. The van der Waals surface area contributed by atoms with Crippen molar-refractivity contribution < 1.29 is 9.26 Å². The lowest BCUT2D eigenvalue weighted by atomic mass is 9.97. The zero-order valence-electron chi connectivity index (χ0n) is 15.1. The van der Waals surface area contributed by atoms with Crippen LogP contribution in [0.3, 0.4) is 0 Å². The topological polar surface area (TPSA) is 76.3 Å². The summed E-state index contributed by atoms with van der Waals surface area (Å²) in [6.45, 7) is 9.52. The van der Waals surface area contributed by atoms with E-state index >= 15 is 0 Å². The summed E-state index contributed by atoms with van der Waals surface area (Å²) in [4.78, 5) is 2.45. The maximum atomic E-state index is 6.23. The highest BCUT2D eigenvalue weighted by atomic mass is 16.5. The summed E-state index contributed by atoms with van der Waals surface area (Å²) in [6.07, 6.45) is 2.06. The summed E-state index contributed by atoms with van der Waals surface area (Å²) in [5.74, 6) is 1.74. The van der Waals surface area contributed by atoms with E-state index in [1.54, 1.807) is 0 Å². The fourth-order valence-corrected chi connectivity index (χ4v) is 3.92. The maximum absolute atomic E-state index is 6.23. The van der Waals surface area contributed by atoms with Crippen molar-refractivity contribution >= 4 is 5.82 Å². The summed E-state index contributed by atoms with van der Waals surface area (Å²) in [7, 11) is 0. The van der Waals surface area contributed by atoms with E-state index in [9.17, 15) is 0 Å². The molecular weight excluding hydrogens is 318 g/mol. The minimum Gasteiger partial charge on any atom is -0.371 e. The van der Waals surface area contributed by atoms with Crippen LogP contribution in [-0.2, 0) is 11.3 Å². The predicted octanol–water partition coefficient (Wildman–Crippen LogP) is 2.24. The van der Waals surface area contributed by atoms with Gasteiger partial charge in [-0.3, -0.25) is 4.90 Å². The Balaban J connectivity index is 1.35. The molecule has 4 rings (SSSR count). The second-order valence-electron chi connectivity index (χ2n) is 7.36. The van der Waals surface area contributed by atoms with Crippen LogP contribution in [0.1, 0.15) is 35.6 Å². The van der Waals surface area contributed by atoms with Gasteiger partial charge in [-0.05, 0) is 39.3 Å². The predicted molar refractivity (Wildman–Crippen MR) is 93.4 cm³/mol. The molecule has 0 aliphatic carbocycles. The zero-order valence-corrected chi connectivity index (χ0v) is 15.1. The monoisotopic (exact) mass is 343 g/mol. The summed E-state index contributed by atoms with van der Waals surface area (Å²) < 4.78 is 11.5. The number of anilines is 1. The van der Waals surface area contributed by atoms with E-state index in [0.717, 1.165) is 55.4 Å². The fraction of sp³-hybridized carbons (Fsp3) is 0.611. The Morgan fingerprint density at radius 1 is 1.28 bits per heavy atom. The molecular formula is C18H25N5O2. The molecule has 25 heavy (non-hydrogen) atoms. The molecule has 2 aliphatic rings. The van der Waals surface area contributed by atoms with Crippen molar-refractivity contribution in [1.82, 2.24) is 20.3 Å². The highest BCUT2D eigenvalue weighted by Gasteiger charge is 2.45. The van der Waals surface area contributed by atoms with Gasteiger partial charge >= 0.3 is 0 Å². The third-order valence-electron chi connectivity index (χ3n) is 5.32. The van der Waals surface area contributed by atoms with E-state index in [-0.39, 0.29) is 11.6 Å². The number of likely N-dealkylation sites (tertiary alicyclic amines) is 1. The second kappa shape index (κ2) is 6.38. The molecule has 7 heteroatoms. The van der Waals surface area contributed by atoms with Crippen LogP contribution in [0.5, 0.6) is 0 Å². The fourth-order valence-electron chi connectivity index (χ4n) is 3.92. The highest BCUT2D eigenvalue weighted by molar-refractivity contribution is 5.34. The molecule has 1 N–H and O–H groups in total. The van der Waals surface area contributed by atoms with Crippen LogP contribution in [0.15, 0.2) is 16.7 Å². The lowest BCUT2D eigenvalue weighted by molar-refractivity contribution is 0.0119. The lowest BCUT2D eigenvalue weighted by Crippen LogP contribution is -2.33. The average molecular weight is 343 g/mol. The van der Waals surface area contributed by atoms with E-state index in [1.165, 1.54) is 5.56 Å². The first-order valence-electron chi connectivity index (χ1n) is 8.88. The summed E-state index contributed by atoms with van der Waals surface area (Å²) in [5, 5.41) is 15.8. The molecule has 0 bridgehead atoms. The van der Waals surface area contributed by atoms with Crippen LogP contribution in [0.2, 0.25) is 0 Å². The Hall–Kier alpha value is -1.99.